The van der Waals surface area contributed by atoms with Crippen LogP contribution in [0.3, 0.4) is 0 Å². The largest absolute Gasteiger partial charge is 0.415 e. The molecule has 7 heteroatoms. The third-order valence-electron chi connectivity index (χ3n) is 3.01. The van der Waals surface area contributed by atoms with Gasteiger partial charge in [-0.05, 0) is 13.5 Å². The summed E-state index contributed by atoms with van der Waals surface area (Å²) < 4.78 is 41.5. The Bertz CT molecular complexity index is 229. The van der Waals surface area contributed by atoms with Gasteiger partial charge in [0.2, 0.25) is 0 Å². The van der Waals surface area contributed by atoms with Crippen molar-refractivity contribution in [2.75, 3.05) is 33.4 Å². The van der Waals surface area contributed by atoms with E-state index < -0.39 is 24.4 Å². The Kier molecular flexibility index (Phi) is 4.17. The number of hydrogen-bond acceptors (Lipinski definition) is 4. The summed E-state index contributed by atoms with van der Waals surface area (Å²) in [7, 11) is 1.44. The van der Waals surface area contributed by atoms with Crippen LogP contribution in [0.1, 0.15) is 6.42 Å². The van der Waals surface area contributed by atoms with Crippen molar-refractivity contribution in [1.29, 1.82) is 0 Å². The first-order valence-electron chi connectivity index (χ1n) is 4.96. The molecule has 0 aliphatic carbocycles. The average molecular weight is 243 g/mol. The molecule has 0 aromatic heterocycles. The van der Waals surface area contributed by atoms with E-state index in [1.807, 2.05) is 0 Å². The number of hydrogen-bond donors (Lipinski definition) is 2. The molecule has 0 spiro atoms. The first-order valence-corrected chi connectivity index (χ1v) is 4.96. The molecule has 0 saturated carbocycles. The molecule has 2 atom stereocenters. The quantitative estimate of drug-likeness (QED) is 0.729. The minimum absolute atomic E-state index is 0.185. The Morgan fingerprint density at radius 1 is 1.50 bits per heavy atom. The molecule has 0 radical (unpaired) electrons. The van der Waals surface area contributed by atoms with E-state index in [2.05, 4.69) is 0 Å². The standard InChI is InChI=1S/C9H16F3NO3/c1-13(4-7(15)9(10,11)12)8(5-14)2-3-16-6-8/h7,14-15H,2-6H2,1H3. The smallest absolute Gasteiger partial charge is 0.394 e. The molecule has 16 heavy (non-hydrogen) atoms. The van der Waals surface area contributed by atoms with Gasteiger partial charge in [-0.25, -0.2) is 0 Å². The van der Waals surface area contributed by atoms with Crippen molar-refractivity contribution in [3.8, 4) is 0 Å². The molecule has 1 fully saturated rings. The third kappa shape index (κ3) is 2.85. The maximum atomic E-state index is 12.2. The van der Waals surface area contributed by atoms with E-state index in [9.17, 15) is 18.3 Å². The molecule has 2 unspecified atom stereocenters. The fourth-order valence-corrected chi connectivity index (χ4v) is 1.70. The van der Waals surface area contributed by atoms with E-state index in [-0.39, 0.29) is 13.2 Å². The molecule has 0 bridgehead atoms. The first kappa shape index (κ1) is 13.7. The Labute approximate surface area is 91.6 Å². The molecule has 1 aliphatic rings. The van der Waals surface area contributed by atoms with Gasteiger partial charge in [0, 0.05) is 13.2 Å². The minimum Gasteiger partial charge on any atom is -0.394 e. The van der Waals surface area contributed by atoms with Gasteiger partial charge in [0.15, 0.2) is 6.10 Å². The lowest BCUT2D eigenvalue weighted by molar-refractivity contribution is -0.211. The van der Waals surface area contributed by atoms with Crippen molar-refractivity contribution in [2.45, 2.75) is 24.2 Å². The third-order valence-corrected chi connectivity index (χ3v) is 3.01. The van der Waals surface area contributed by atoms with E-state index in [1.54, 1.807) is 0 Å². The summed E-state index contributed by atoms with van der Waals surface area (Å²) >= 11 is 0. The second kappa shape index (κ2) is 4.87. The Morgan fingerprint density at radius 2 is 2.12 bits per heavy atom. The molecule has 2 N–H and O–H groups in total. The minimum atomic E-state index is -4.63. The maximum absolute atomic E-state index is 12.2. The lowest BCUT2D eigenvalue weighted by atomic mass is 9.97. The molecule has 0 aromatic rings. The van der Waals surface area contributed by atoms with Gasteiger partial charge in [-0.3, -0.25) is 4.90 Å². The molecular weight excluding hydrogens is 227 g/mol. The monoisotopic (exact) mass is 243 g/mol. The first-order chi connectivity index (χ1) is 7.32. The topological polar surface area (TPSA) is 52.9 Å². The van der Waals surface area contributed by atoms with Crippen molar-refractivity contribution in [2.24, 2.45) is 0 Å². The molecule has 1 saturated heterocycles. The van der Waals surface area contributed by atoms with Crippen LogP contribution in [0, 0.1) is 0 Å². The van der Waals surface area contributed by atoms with Crippen LogP contribution in [0.5, 0.6) is 0 Å². The summed E-state index contributed by atoms with van der Waals surface area (Å²) in [5, 5.41) is 18.2. The summed E-state index contributed by atoms with van der Waals surface area (Å²) in [6, 6.07) is 0. The van der Waals surface area contributed by atoms with Crippen LogP contribution in [0.25, 0.3) is 0 Å². The highest BCUT2D eigenvalue weighted by Crippen LogP contribution is 2.27. The number of likely N-dealkylation sites (N-methyl/N-ethyl adjacent to an activating group) is 1. The number of nitrogens with zero attached hydrogens (tertiary/aromatic N) is 1. The zero-order valence-electron chi connectivity index (χ0n) is 9.00. The van der Waals surface area contributed by atoms with Crippen LogP contribution in [0.15, 0.2) is 0 Å². The fourth-order valence-electron chi connectivity index (χ4n) is 1.70. The maximum Gasteiger partial charge on any atom is 0.415 e. The second-order valence-corrected chi connectivity index (χ2v) is 4.12. The van der Waals surface area contributed by atoms with E-state index in [0.717, 1.165) is 0 Å². The summed E-state index contributed by atoms with van der Waals surface area (Å²) in [5.74, 6) is 0. The molecule has 1 heterocycles. The van der Waals surface area contributed by atoms with Gasteiger partial charge in [0.1, 0.15) is 0 Å². The van der Waals surface area contributed by atoms with Crippen molar-refractivity contribution in [1.82, 2.24) is 4.90 Å². The van der Waals surface area contributed by atoms with Crippen LogP contribution >= 0.6 is 0 Å². The fraction of sp³-hybridized carbons (Fsp3) is 1.00. The molecule has 1 rings (SSSR count). The van der Waals surface area contributed by atoms with E-state index >= 15 is 0 Å². The molecule has 4 nitrogen and oxygen atoms in total. The molecule has 1 aliphatic heterocycles. The van der Waals surface area contributed by atoms with Crippen LogP contribution in [-0.4, -0.2) is 66.3 Å². The summed E-state index contributed by atoms with van der Waals surface area (Å²) in [6.07, 6.45) is -6.57. The van der Waals surface area contributed by atoms with E-state index in [0.29, 0.717) is 13.0 Å². The van der Waals surface area contributed by atoms with Gasteiger partial charge in [-0.15, -0.1) is 0 Å². The van der Waals surface area contributed by atoms with Crippen molar-refractivity contribution >= 4 is 0 Å². The summed E-state index contributed by atoms with van der Waals surface area (Å²) in [4.78, 5) is 1.32. The summed E-state index contributed by atoms with van der Waals surface area (Å²) in [5.41, 5.74) is -0.799. The van der Waals surface area contributed by atoms with Crippen LogP contribution in [0.2, 0.25) is 0 Å². The van der Waals surface area contributed by atoms with Crippen LogP contribution < -0.4 is 0 Å². The Hall–Kier alpha value is -0.370. The van der Waals surface area contributed by atoms with Gasteiger partial charge < -0.3 is 14.9 Å². The number of aliphatic hydroxyl groups is 2. The Balaban J connectivity index is 2.60. The van der Waals surface area contributed by atoms with Crippen LogP contribution in [0.4, 0.5) is 13.2 Å². The number of β-amino-alcohol motifs (C(OH)–C–C–N with tert-alkyl or cyclic N) is 1. The lowest BCUT2D eigenvalue weighted by Crippen LogP contribution is -2.54. The van der Waals surface area contributed by atoms with Crippen LogP contribution in [-0.2, 0) is 4.74 Å². The highest BCUT2D eigenvalue weighted by atomic mass is 19.4. The Morgan fingerprint density at radius 3 is 2.50 bits per heavy atom. The number of aliphatic hydroxyl groups excluding tert-OH is 2. The van der Waals surface area contributed by atoms with Crippen molar-refractivity contribution in [3.05, 3.63) is 0 Å². The molecular formula is C9H16F3NO3. The number of ether oxygens (including phenoxy) is 1. The van der Waals surface area contributed by atoms with Gasteiger partial charge in [0.25, 0.3) is 0 Å². The number of alkyl halides is 3. The average Bonchev–Trinajstić information content (AvgIpc) is 2.65. The van der Waals surface area contributed by atoms with E-state index in [4.69, 9.17) is 9.84 Å². The number of rotatable bonds is 4. The molecule has 0 amide bonds. The van der Waals surface area contributed by atoms with Crippen molar-refractivity contribution in [3.63, 3.8) is 0 Å². The lowest BCUT2D eigenvalue weighted by Gasteiger charge is -2.37. The molecule has 0 aromatic carbocycles. The number of halogens is 3. The predicted molar refractivity (Wildman–Crippen MR) is 49.9 cm³/mol. The van der Waals surface area contributed by atoms with Crippen molar-refractivity contribution < 1.29 is 28.1 Å². The van der Waals surface area contributed by atoms with Gasteiger partial charge in [-0.1, -0.05) is 0 Å². The second-order valence-electron chi connectivity index (χ2n) is 4.12. The van der Waals surface area contributed by atoms with Gasteiger partial charge in [0.05, 0.1) is 18.8 Å². The molecule has 96 valence electrons. The van der Waals surface area contributed by atoms with E-state index in [1.165, 1.54) is 11.9 Å². The van der Waals surface area contributed by atoms with Gasteiger partial charge >= 0.3 is 6.18 Å². The predicted octanol–water partition coefficient (Wildman–Crippen LogP) is -0.00720. The SMILES string of the molecule is CN(CC(O)C(F)(F)F)C1(CO)CCOC1. The van der Waals surface area contributed by atoms with Gasteiger partial charge in [-0.2, -0.15) is 13.2 Å². The zero-order chi connectivity index (χ0) is 12.4. The normalized spacial score (nSPS) is 28.7. The highest BCUT2D eigenvalue weighted by molar-refractivity contribution is 4.93. The highest BCUT2D eigenvalue weighted by Gasteiger charge is 2.44. The summed E-state index contributed by atoms with van der Waals surface area (Å²) in [6.45, 7) is -0.251. The zero-order valence-corrected chi connectivity index (χ0v) is 9.00.